The SMILES string of the molecule is O=C(Cl)C1CC=C(Br)CC1C(=O)Cl. The molecule has 1 rings (SSSR count). The average molecular weight is 286 g/mol. The predicted molar refractivity (Wildman–Crippen MR) is 54.9 cm³/mol. The van der Waals surface area contributed by atoms with E-state index in [0.29, 0.717) is 12.8 Å². The van der Waals surface area contributed by atoms with Gasteiger partial charge in [-0.25, -0.2) is 0 Å². The molecule has 0 aromatic carbocycles. The van der Waals surface area contributed by atoms with Crippen LogP contribution in [0.2, 0.25) is 0 Å². The second-order valence-electron chi connectivity index (χ2n) is 2.91. The molecule has 0 heterocycles. The molecule has 0 bridgehead atoms. The third kappa shape index (κ3) is 2.79. The Labute approximate surface area is 94.4 Å². The topological polar surface area (TPSA) is 34.1 Å². The Hall–Kier alpha value is 0.140. The molecule has 0 fully saturated rings. The fourth-order valence-corrected chi connectivity index (χ4v) is 2.35. The van der Waals surface area contributed by atoms with Crippen molar-refractivity contribution in [1.82, 2.24) is 0 Å². The van der Waals surface area contributed by atoms with E-state index in [1.54, 1.807) is 0 Å². The van der Waals surface area contributed by atoms with Gasteiger partial charge in [-0.3, -0.25) is 9.59 Å². The van der Waals surface area contributed by atoms with E-state index in [4.69, 9.17) is 23.2 Å². The fourth-order valence-electron chi connectivity index (χ4n) is 1.34. The average Bonchev–Trinajstić information content (AvgIpc) is 2.03. The molecule has 2 atom stereocenters. The van der Waals surface area contributed by atoms with E-state index in [9.17, 15) is 9.59 Å². The molecule has 2 nitrogen and oxygen atoms in total. The van der Waals surface area contributed by atoms with Crippen LogP contribution in [0.5, 0.6) is 0 Å². The molecular formula is C8H7BrCl2O2. The first-order chi connectivity index (χ1) is 6.02. The summed E-state index contributed by atoms with van der Waals surface area (Å²) in [5, 5.41) is -0.987. The molecule has 0 saturated carbocycles. The maximum Gasteiger partial charge on any atom is 0.225 e. The van der Waals surface area contributed by atoms with Crippen molar-refractivity contribution in [3.63, 3.8) is 0 Å². The molecule has 1 aliphatic carbocycles. The van der Waals surface area contributed by atoms with E-state index in [0.717, 1.165) is 4.48 Å². The highest BCUT2D eigenvalue weighted by molar-refractivity contribution is 9.11. The molecule has 2 unspecified atom stereocenters. The molecule has 0 saturated heterocycles. The minimum Gasteiger partial charge on any atom is -0.281 e. The molecular weight excluding hydrogens is 279 g/mol. The highest BCUT2D eigenvalue weighted by Crippen LogP contribution is 2.35. The Morgan fingerprint density at radius 2 is 1.85 bits per heavy atom. The highest BCUT2D eigenvalue weighted by atomic mass is 79.9. The van der Waals surface area contributed by atoms with Crippen LogP contribution in [0, 0.1) is 11.8 Å². The molecule has 13 heavy (non-hydrogen) atoms. The first kappa shape index (κ1) is 11.2. The molecule has 1 aliphatic rings. The van der Waals surface area contributed by atoms with Gasteiger partial charge in [-0.15, -0.1) is 0 Å². The summed E-state index contributed by atoms with van der Waals surface area (Å²) in [6.45, 7) is 0. The van der Waals surface area contributed by atoms with Gasteiger partial charge in [0, 0.05) is 11.8 Å². The second kappa shape index (κ2) is 4.58. The molecule has 0 aromatic heterocycles. The first-order valence-electron chi connectivity index (χ1n) is 3.75. The van der Waals surface area contributed by atoms with Gasteiger partial charge in [-0.2, -0.15) is 0 Å². The minimum atomic E-state index is -0.496. The Morgan fingerprint density at radius 1 is 1.31 bits per heavy atom. The zero-order valence-corrected chi connectivity index (χ0v) is 9.69. The summed E-state index contributed by atoms with van der Waals surface area (Å²) in [7, 11) is 0. The molecule has 0 amide bonds. The lowest BCUT2D eigenvalue weighted by Crippen LogP contribution is -2.27. The van der Waals surface area contributed by atoms with Crippen LogP contribution in [0.1, 0.15) is 12.8 Å². The lowest BCUT2D eigenvalue weighted by atomic mass is 9.85. The Balaban J connectivity index is 2.83. The number of hydrogen-bond donors (Lipinski definition) is 0. The summed E-state index contributed by atoms with van der Waals surface area (Å²) >= 11 is 14.0. The normalized spacial score (nSPS) is 28.1. The van der Waals surface area contributed by atoms with Crippen molar-refractivity contribution < 1.29 is 9.59 Å². The third-order valence-electron chi connectivity index (χ3n) is 2.08. The van der Waals surface area contributed by atoms with Crippen LogP contribution in [0.15, 0.2) is 10.6 Å². The molecule has 0 aromatic rings. The van der Waals surface area contributed by atoms with E-state index in [1.165, 1.54) is 0 Å². The summed E-state index contributed by atoms with van der Waals surface area (Å²) in [6, 6.07) is 0. The number of halogens is 3. The van der Waals surface area contributed by atoms with Crippen molar-refractivity contribution in [1.29, 1.82) is 0 Å². The lowest BCUT2D eigenvalue weighted by Gasteiger charge is -2.23. The standard InChI is InChI=1S/C8H7BrCl2O2/c9-4-1-2-5(7(10)12)6(3-4)8(11)13/h1,5-6H,2-3H2. The van der Waals surface area contributed by atoms with Crippen LogP contribution < -0.4 is 0 Å². The summed E-state index contributed by atoms with van der Waals surface area (Å²) in [4.78, 5) is 21.9. The zero-order valence-electron chi connectivity index (χ0n) is 6.60. The van der Waals surface area contributed by atoms with Gasteiger partial charge in [-0.1, -0.05) is 22.0 Å². The van der Waals surface area contributed by atoms with Crippen molar-refractivity contribution in [2.45, 2.75) is 12.8 Å². The molecule has 5 heteroatoms. The number of carbonyl (C=O) groups excluding carboxylic acids is 2. The van der Waals surface area contributed by atoms with Crippen LogP contribution >= 0.6 is 39.1 Å². The summed E-state index contributed by atoms with van der Waals surface area (Å²) < 4.78 is 0.903. The van der Waals surface area contributed by atoms with Gasteiger partial charge in [0.25, 0.3) is 0 Å². The Bertz CT molecular complexity index is 275. The van der Waals surface area contributed by atoms with Crippen molar-refractivity contribution >= 4 is 49.6 Å². The van der Waals surface area contributed by atoms with E-state index in [-0.39, 0.29) is 0 Å². The minimum absolute atomic E-state index is 0.464. The maximum atomic E-state index is 11.0. The summed E-state index contributed by atoms with van der Waals surface area (Å²) in [6.07, 6.45) is 2.79. The quantitative estimate of drug-likeness (QED) is 0.731. The fraction of sp³-hybridized carbons (Fsp3) is 0.500. The smallest absolute Gasteiger partial charge is 0.225 e. The zero-order chi connectivity index (χ0) is 10.0. The Kier molecular flexibility index (Phi) is 3.95. The molecule has 0 radical (unpaired) electrons. The van der Waals surface area contributed by atoms with Crippen LogP contribution in [0.25, 0.3) is 0 Å². The monoisotopic (exact) mass is 284 g/mol. The van der Waals surface area contributed by atoms with Crippen LogP contribution in [0.4, 0.5) is 0 Å². The predicted octanol–water partition coefficient (Wildman–Crippen LogP) is 2.82. The van der Waals surface area contributed by atoms with E-state index >= 15 is 0 Å². The number of allylic oxidation sites excluding steroid dienone is 2. The van der Waals surface area contributed by atoms with Gasteiger partial charge in [0.2, 0.25) is 10.5 Å². The molecule has 0 aliphatic heterocycles. The number of hydrogen-bond acceptors (Lipinski definition) is 2. The lowest BCUT2D eigenvalue weighted by molar-refractivity contribution is -0.123. The molecule has 0 spiro atoms. The van der Waals surface area contributed by atoms with Crippen LogP contribution in [-0.4, -0.2) is 10.5 Å². The van der Waals surface area contributed by atoms with Gasteiger partial charge < -0.3 is 0 Å². The Morgan fingerprint density at radius 3 is 2.31 bits per heavy atom. The van der Waals surface area contributed by atoms with E-state index in [2.05, 4.69) is 15.9 Å². The number of carbonyl (C=O) groups is 2. The first-order valence-corrected chi connectivity index (χ1v) is 5.30. The van der Waals surface area contributed by atoms with Gasteiger partial charge in [0.1, 0.15) is 0 Å². The summed E-state index contributed by atoms with van der Waals surface area (Å²) in [5.41, 5.74) is 0. The van der Waals surface area contributed by atoms with Crippen molar-refractivity contribution in [2.75, 3.05) is 0 Å². The van der Waals surface area contributed by atoms with Gasteiger partial charge in [0.15, 0.2) is 0 Å². The van der Waals surface area contributed by atoms with Gasteiger partial charge in [0.05, 0.1) is 0 Å². The van der Waals surface area contributed by atoms with Crippen molar-refractivity contribution in [2.24, 2.45) is 11.8 Å². The van der Waals surface area contributed by atoms with E-state index in [1.807, 2.05) is 6.08 Å². The largest absolute Gasteiger partial charge is 0.281 e. The van der Waals surface area contributed by atoms with Crippen LogP contribution in [0.3, 0.4) is 0 Å². The summed E-state index contributed by atoms with van der Waals surface area (Å²) in [5.74, 6) is -0.945. The molecule has 0 N–H and O–H groups in total. The van der Waals surface area contributed by atoms with Gasteiger partial charge >= 0.3 is 0 Å². The van der Waals surface area contributed by atoms with Gasteiger partial charge in [-0.05, 0) is 40.5 Å². The third-order valence-corrected chi connectivity index (χ3v) is 3.28. The van der Waals surface area contributed by atoms with Crippen molar-refractivity contribution in [3.05, 3.63) is 10.6 Å². The highest BCUT2D eigenvalue weighted by Gasteiger charge is 2.34. The van der Waals surface area contributed by atoms with Crippen molar-refractivity contribution in [3.8, 4) is 0 Å². The second-order valence-corrected chi connectivity index (χ2v) is 4.68. The van der Waals surface area contributed by atoms with Crippen LogP contribution in [-0.2, 0) is 9.59 Å². The molecule has 72 valence electrons. The van der Waals surface area contributed by atoms with E-state index < -0.39 is 22.3 Å². The maximum absolute atomic E-state index is 11.0. The number of rotatable bonds is 2.